The van der Waals surface area contributed by atoms with Crippen LogP contribution in [0, 0.1) is 0 Å². The lowest BCUT2D eigenvalue weighted by Gasteiger charge is -1.87. The Morgan fingerprint density at radius 1 is 1.67 bits per heavy atom. The molecular weight excluding hydrogens is 118 g/mol. The van der Waals surface area contributed by atoms with Crippen molar-refractivity contribution in [3.8, 4) is 0 Å². The van der Waals surface area contributed by atoms with Crippen molar-refractivity contribution >= 4 is 12.0 Å². The number of Topliss-reactive ketones (excluding diaryl/α,β-unsaturated/α-hetero) is 1. The summed E-state index contributed by atoms with van der Waals surface area (Å²) in [6.45, 7) is 4.10. The molecule has 0 aromatic rings. The molecule has 9 heavy (non-hydrogen) atoms. The Morgan fingerprint density at radius 3 is 2.78 bits per heavy atom. The van der Waals surface area contributed by atoms with Gasteiger partial charge < -0.3 is 4.84 Å². The van der Waals surface area contributed by atoms with E-state index in [-0.39, 0.29) is 5.78 Å². The standard InChI is InChI=1S/C6H11NO2/c1-3-6(8)5-7-9-4-2/h5H,3-4H2,1-2H3/b7-5+. The van der Waals surface area contributed by atoms with Gasteiger partial charge in [-0.15, -0.1) is 0 Å². The van der Waals surface area contributed by atoms with Gasteiger partial charge in [0.25, 0.3) is 0 Å². The summed E-state index contributed by atoms with van der Waals surface area (Å²) >= 11 is 0. The molecule has 0 amide bonds. The number of oxime groups is 1. The van der Waals surface area contributed by atoms with Gasteiger partial charge in [-0.3, -0.25) is 4.79 Å². The second kappa shape index (κ2) is 5.28. The van der Waals surface area contributed by atoms with Crippen LogP contribution in [0.15, 0.2) is 5.16 Å². The van der Waals surface area contributed by atoms with Crippen LogP contribution in [-0.4, -0.2) is 18.6 Å². The Hall–Kier alpha value is -0.860. The van der Waals surface area contributed by atoms with E-state index in [4.69, 9.17) is 0 Å². The molecule has 0 saturated heterocycles. The first kappa shape index (κ1) is 8.14. The molecule has 0 bridgehead atoms. The molecule has 0 aromatic heterocycles. The lowest BCUT2D eigenvalue weighted by molar-refractivity contribution is -0.112. The van der Waals surface area contributed by atoms with E-state index < -0.39 is 0 Å². The zero-order valence-electron chi connectivity index (χ0n) is 5.76. The number of rotatable bonds is 4. The van der Waals surface area contributed by atoms with Crippen molar-refractivity contribution in [2.24, 2.45) is 5.16 Å². The minimum absolute atomic E-state index is 0.0107. The highest BCUT2D eigenvalue weighted by Crippen LogP contribution is 1.77. The lowest BCUT2D eigenvalue weighted by atomic mass is 10.3. The Bertz CT molecular complexity index is 110. The van der Waals surface area contributed by atoms with E-state index in [2.05, 4.69) is 9.99 Å². The molecule has 0 atom stereocenters. The molecule has 0 heterocycles. The van der Waals surface area contributed by atoms with Crippen molar-refractivity contribution in [3.63, 3.8) is 0 Å². The molecule has 0 aliphatic carbocycles. The smallest absolute Gasteiger partial charge is 0.176 e. The van der Waals surface area contributed by atoms with Crippen molar-refractivity contribution in [2.75, 3.05) is 6.61 Å². The number of hydrogen-bond acceptors (Lipinski definition) is 3. The molecule has 0 unspecified atom stereocenters. The van der Waals surface area contributed by atoms with Crippen molar-refractivity contribution < 1.29 is 9.63 Å². The average molecular weight is 129 g/mol. The normalized spacial score (nSPS) is 10.0. The van der Waals surface area contributed by atoms with Crippen LogP contribution >= 0.6 is 0 Å². The highest BCUT2D eigenvalue weighted by atomic mass is 16.6. The number of hydrogen-bond donors (Lipinski definition) is 0. The summed E-state index contributed by atoms with van der Waals surface area (Å²) in [7, 11) is 0. The maximum Gasteiger partial charge on any atom is 0.176 e. The molecule has 0 N–H and O–H groups in total. The summed E-state index contributed by atoms with van der Waals surface area (Å²) in [6, 6.07) is 0. The van der Waals surface area contributed by atoms with Gasteiger partial charge in [0, 0.05) is 6.42 Å². The van der Waals surface area contributed by atoms with Crippen LogP contribution in [0.1, 0.15) is 20.3 Å². The molecule has 0 spiro atoms. The maximum atomic E-state index is 10.5. The predicted molar refractivity (Wildman–Crippen MR) is 35.4 cm³/mol. The largest absolute Gasteiger partial charge is 0.396 e. The third-order valence-corrected chi connectivity index (χ3v) is 0.749. The summed E-state index contributed by atoms with van der Waals surface area (Å²) in [5.74, 6) is -0.0107. The molecule has 0 fully saturated rings. The third-order valence-electron chi connectivity index (χ3n) is 0.749. The number of carbonyl (C=O) groups is 1. The second-order valence-electron chi connectivity index (χ2n) is 1.47. The fourth-order valence-corrected chi connectivity index (χ4v) is 0.262. The van der Waals surface area contributed by atoms with Gasteiger partial charge in [-0.1, -0.05) is 12.1 Å². The summed E-state index contributed by atoms with van der Waals surface area (Å²) < 4.78 is 0. The Balaban J connectivity index is 3.32. The van der Waals surface area contributed by atoms with E-state index in [0.29, 0.717) is 13.0 Å². The first-order valence-electron chi connectivity index (χ1n) is 2.99. The fourth-order valence-electron chi connectivity index (χ4n) is 0.262. The molecule has 0 aliphatic rings. The van der Waals surface area contributed by atoms with Crippen LogP contribution in [0.2, 0.25) is 0 Å². The molecule has 52 valence electrons. The zero-order chi connectivity index (χ0) is 7.11. The van der Waals surface area contributed by atoms with Gasteiger partial charge in [-0.05, 0) is 6.92 Å². The van der Waals surface area contributed by atoms with Gasteiger partial charge in [0.15, 0.2) is 5.78 Å². The molecule has 0 saturated carbocycles. The quantitative estimate of drug-likeness (QED) is 0.419. The predicted octanol–water partition coefficient (Wildman–Crippen LogP) is 0.988. The average Bonchev–Trinajstić information content (AvgIpc) is 1.89. The third kappa shape index (κ3) is 5.00. The summed E-state index contributed by atoms with van der Waals surface area (Å²) in [6.07, 6.45) is 1.68. The topological polar surface area (TPSA) is 38.7 Å². The Kier molecular flexibility index (Phi) is 4.78. The second-order valence-corrected chi connectivity index (χ2v) is 1.47. The minimum atomic E-state index is -0.0107. The van der Waals surface area contributed by atoms with Crippen LogP contribution in [0.5, 0.6) is 0 Å². The van der Waals surface area contributed by atoms with E-state index in [1.54, 1.807) is 6.92 Å². The lowest BCUT2D eigenvalue weighted by Crippen LogP contribution is -1.96. The molecular formula is C6H11NO2. The molecule has 0 rings (SSSR count). The Labute approximate surface area is 54.7 Å². The van der Waals surface area contributed by atoms with Crippen LogP contribution < -0.4 is 0 Å². The molecule has 0 radical (unpaired) electrons. The zero-order valence-corrected chi connectivity index (χ0v) is 5.76. The minimum Gasteiger partial charge on any atom is -0.396 e. The van der Waals surface area contributed by atoms with Crippen molar-refractivity contribution in [3.05, 3.63) is 0 Å². The van der Waals surface area contributed by atoms with Crippen LogP contribution in [-0.2, 0) is 9.63 Å². The number of ketones is 1. The van der Waals surface area contributed by atoms with Crippen molar-refractivity contribution in [1.29, 1.82) is 0 Å². The Morgan fingerprint density at radius 2 is 2.33 bits per heavy atom. The first-order valence-corrected chi connectivity index (χ1v) is 2.99. The van der Waals surface area contributed by atoms with Gasteiger partial charge >= 0.3 is 0 Å². The summed E-state index contributed by atoms with van der Waals surface area (Å²) in [4.78, 5) is 15.0. The van der Waals surface area contributed by atoms with Crippen molar-refractivity contribution in [1.82, 2.24) is 0 Å². The number of carbonyl (C=O) groups excluding carboxylic acids is 1. The monoisotopic (exact) mass is 129 g/mol. The van der Waals surface area contributed by atoms with E-state index in [9.17, 15) is 4.79 Å². The summed E-state index contributed by atoms with van der Waals surface area (Å²) in [5, 5.41) is 3.39. The molecule has 3 nitrogen and oxygen atoms in total. The van der Waals surface area contributed by atoms with E-state index >= 15 is 0 Å². The van der Waals surface area contributed by atoms with Crippen molar-refractivity contribution in [2.45, 2.75) is 20.3 Å². The van der Waals surface area contributed by atoms with Crippen LogP contribution in [0.4, 0.5) is 0 Å². The van der Waals surface area contributed by atoms with Gasteiger partial charge in [-0.2, -0.15) is 0 Å². The highest BCUT2D eigenvalue weighted by Gasteiger charge is 1.88. The van der Waals surface area contributed by atoms with Crippen LogP contribution in [0.3, 0.4) is 0 Å². The van der Waals surface area contributed by atoms with Gasteiger partial charge in [0.1, 0.15) is 12.8 Å². The first-order chi connectivity index (χ1) is 4.31. The number of nitrogens with zero attached hydrogens (tertiary/aromatic N) is 1. The molecule has 0 aromatic carbocycles. The van der Waals surface area contributed by atoms with Gasteiger partial charge in [0.2, 0.25) is 0 Å². The van der Waals surface area contributed by atoms with E-state index in [1.165, 1.54) is 6.21 Å². The molecule has 3 heteroatoms. The van der Waals surface area contributed by atoms with Crippen LogP contribution in [0.25, 0.3) is 0 Å². The van der Waals surface area contributed by atoms with E-state index in [1.807, 2.05) is 6.92 Å². The fraction of sp³-hybridized carbons (Fsp3) is 0.667. The maximum absolute atomic E-state index is 10.5. The van der Waals surface area contributed by atoms with Gasteiger partial charge in [0.05, 0.1) is 0 Å². The van der Waals surface area contributed by atoms with Gasteiger partial charge in [-0.25, -0.2) is 0 Å². The summed E-state index contributed by atoms with van der Waals surface area (Å²) in [5.41, 5.74) is 0. The highest BCUT2D eigenvalue weighted by molar-refractivity contribution is 6.27. The molecule has 0 aliphatic heterocycles. The van der Waals surface area contributed by atoms with E-state index in [0.717, 1.165) is 0 Å². The SMILES string of the molecule is CCO/N=C/C(=O)CC.